The van der Waals surface area contributed by atoms with Gasteiger partial charge in [-0.3, -0.25) is 19.3 Å². The molecule has 3 rings (SSSR count). The maximum absolute atomic E-state index is 12.2. The van der Waals surface area contributed by atoms with Crippen LogP contribution in [-0.4, -0.2) is 55.3 Å². The Bertz CT molecular complexity index is 1230. The van der Waals surface area contributed by atoms with E-state index < -0.39 is 33.0 Å². The Morgan fingerprint density at radius 2 is 2.00 bits per heavy atom. The smallest absolute Gasteiger partial charge is 0.331 e. The first-order valence-corrected chi connectivity index (χ1v) is 10.7. The molecule has 1 aliphatic rings. The zero-order valence-electron chi connectivity index (χ0n) is 16.4. The van der Waals surface area contributed by atoms with Crippen molar-refractivity contribution in [3.8, 4) is 17.4 Å². The molecular weight excluding hydrogens is 414 g/mol. The number of H-pyrrole nitrogens is 1. The van der Waals surface area contributed by atoms with Gasteiger partial charge in [-0.25, -0.2) is 13.2 Å². The lowest BCUT2D eigenvalue weighted by atomic mass is 10.1. The molecule has 0 radical (unpaired) electrons. The fourth-order valence-electron chi connectivity index (χ4n) is 3.00. The second kappa shape index (κ2) is 8.57. The van der Waals surface area contributed by atoms with Gasteiger partial charge in [0.25, 0.3) is 5.56 Å². The number of nitrogens with one attached hydrogen (secondary N) is 1. The molecule has 0 saturated carbocycles. The Hall–Kier alpha value is -3.34. The maximum Gasteiger partial charge on any atom is 0.331 e. The van der Waals surface area contributed by atoms with Gasteiger partial charge in [0.1, 0.15) is 5.56 Å². The van der Waals surface area contributed by atoms with Crippen molar-refractivity contribution in [2.45, 2.75) is 19.0 Å². The normalized spacial score (nSPS) is 17.5. The zero-order chi connectivity index (χ0) is 21.9. The van der Waals surface area contributed by atoms with Gasteiger partial charge in [-0.2, -0.15) is 0 Å². The van der Waals surface area contributed by atoms with E-state index in [-0.39, 0.29) is 17.9 Å². The molecule has 1 aromatic heterocycles. The molecule has 1 aromatic carbocycles. The minimum atomic E-state index is -3.30. The topological polar surface area (TPSA) is 140 Å². The summed E-state index contributed by atoms with van der Waals surface area (Å²) in [7, 11) is -0.269. The summed E-state index contributed by atoms with van der Waals surface area (Å²) < 4.78 is 34.4. The number of aromatic hydroxyl groups is 1. The lowest BCUT2D eigenvalue weighted by Gasteiger charge is -2.12. The van der Waals surface area contributed by atoms with Crippen LogP contribution < -0.4 is 20.7 Å². The highest BCUT2D eigenvalue weighted by atomic mass is 32.2. The monoisotopic (exact) mass is 435 g/mol. The summed E-state index contributed by atoms with van der Waals surface area (Å²) in [6.07, 6.45) is 2.83. The predicted octanol–water partition coefficient (Wildman–Crippen LogP) is 0.232. The molecule has 11 heteroatoms. The highest BCUT2D eigenvalue weighted by Crippen LogP contribution is 2.27. The number of ether oxygens (including phenoxy) is 2. The van der Waals surface area contributed by atoms with Crippen molar-refractivity contribution in [3.63, 3.8) is 0 Å². The molecule has 2 N–H and O–H groups in total. The van der Waals surface area contributed by atoms with E-state index in [0.29, 0.717) is 17.9 Å². The number of sulfone groups is 1. The maximum atomic E-state index is 12.2. The SMILES string of the molecule is COc1ccc(CCn2c(O)c(C=N[C@@H]3C=CS(=O)(=O)C3)c(=O)[nH]c2=O)cc1OC. The predicted molar refractivity (Wildman–Crippen MR) is 111 cm³/mol. The van der Waals surface area contributed by atoms with Crippen LogP contribution in [0.5, 0.6) is 17.4 Å². The standard InChI is InChI=1S/C19H21N3O7S/c1-28-15-4-3-12(9-16(15)29-2)5-7-22-18(24)14(17(23)21-19(22)25)10-20-13-6-8-30(26,27)11-13/h3-4,6,8-10,13,24H,5,7,11H2,1-2H3,(H,21,23,25)/t13-/m1/s1. The van der Waals surface area contributed by atoms with Gasteiger partial charge in [0, 0.05) is 18.2 Å². The van der Waals surface area contributed by atoms with Crippen molar-refractivity contribution < 1.29 is 23.0 Å². The molecule has 0 saturated heterocycles. The third-order valence-corrected chi connectivity index (χ3v) is 5.96. The van der Waals surface area contributed by atoms with Gasteiger partial charge in [0.05, 0.1) is 26.0 Å². The van der Waals surface area contributed by atoms with E-state index in [1.807, 2.05) is 0 Å². The van der Waals surface area contributed by atoms with Gasteiger partial charge >= 0.3 is 5.69 Å². The van der Waals surface area contributed by atoms with Gasteiger partial charge in [-0.1, -0.05) is 6.07 Å². The number of hydrogen-bond acceptors (Lipinski definition) is 8. The van der Waals surface area contributed by atoms with Crippen LogP contribution >= 0.6 is 0 Å². The molecule has 0 fully saturated rings. The Labute approximate surface area is 172 Å². The van der Waals surface area contributed by atoms with Crippen LogP contribution in [0.4, 0.5) is 0 Å². The number of aryl methyl sites for hydroxylation is 1. The van der Waals surface area contributed by atoms with Crippen LogP contribution in [0.15, 0.2) is 44.3 Å². The van der Waals surface area contributed by atoms with Gasteiger partial charge in [0.15, 0.2) is 21.3 Å². The van der Waals surface area contributed by atoms with Crippen molar-refractivity contribution in [2.24, 2.45) is 4.99 Å². The highest BCUT2D eigenvalue weighted by Gasteiger charge is 2.21. The van der Waals surface area contributed by atoms with Crippen molar-refractivity contribution in [1.29, 1.82) is 0 Å². The molecule has 1 aliphatic heterocycles. The second-order valence-corrected chi connectivity index (χ2v) is 8.52. The molecule has 0 unspecified atom stereocenters. The Morgan fingerprint density at radius 3 is 2.63 bits per heavy atom. The van der Waals surface area contributed by atoms with Gasteiger partial charge in [0.2, 0.25) is 5.88 Å². The number of nitrogens with zero attached hydrogens (tertiary/aromatic N) is 2. The van der Waals surface area contributed by atoms with E-state index in [0.717, 1.165) is 21.8 Å². The highest BCUT2D eigenvalue weighted by molar-refractivity contribution is 7.94. The number of methoxy groups -OCH3 is 2. The largest absolute Gasteiger partial charge is 0.494 e. The summed E-state index contributed by atoms with van der Waals surface area (Å²) in [5.74, 6) is 0.339. The fourth-order valence-corrected chi connectivity index (χ4v) is 4.20. The number of aromatic amines is 1. The fraction of sp³-hybridized carbons (Fsp3) is 0.316. The first-order chi connectivity index (χ1) is 14.2. The van der Waals surface area contributed by atoms with E-state index in [9.17, 15) is 23.1 Å². The van der Waals surface area contributed by atoms with E-state index >= 15 is 0 Å². The van der Waals surface area contributed by atoms with E-state index in [1.165, 1.54) is 20.3 Å². The van der Waals surface area contributed by atoms with Gasteiger partial charge in [-0.05, 0) is 30.2 Å². The molecule has 0 amide bonds. The molecule has 0 bridgehead atoms. The summed E-state index contributed by atoms with van der Waals surface area (Å²) in [4.78, 5) is 30.4. The van der Waals surface area contributed by atoms with Crippen LogP contribution in [-0.2, 0) is 22.8 Å². The molecule has 0 aliphatic carbocycles. The van der Waals surface area contributed by atoms with Crippen LogP contribution in [0.25, 0.3) is 0 Å². The quantitative estimate of drug-likeness (QED) is 0.593. The molecule has 30 heavy (non-hydrogen) atoms. The Kier molecular flexibility index (Phi) is 6.11. The van der Waals surface area contributed by atoms with Crippen molar-refractivity contribution >= 4 is 16.1 Å². The lowest BCUT2D eigenvalue weighted by Crippen LogP contribution is -2.32. The van der Waals surface area contributed by atoms with Gasteiger partial charge < -0.3 is 14.6 Å². The third-order valence-electron chi connectivity index (χ3n) is 4.59. The molecule has 1 atom stereocenters. The molecule has 2 aromatic rings. The first kappa shape index (κ1) is 21.4. The summed E-state index contributed by atoms with van der Waals surface area (Å²) in [5, 5.41) is 11.5. The number of benzene rings is 1. The zero-order valence-corrected chi connectivity index (χ0v) is 17.2. The number of rotatable bonds is 7. The summed E-state index contributed by atoms with van der Waals surface area (Å²) in [5.41, 5.74) is -0.979. The Morgan fingerprint density at radius 1 is 1.27 bits per heavy atom. The van der Waals surface area contributed by atoms with Crippen molar-refractivity contribution in [3.05, 3.63) is 61.6 Å². The number of aromatic nitrogens is 2. The minimum absolute atomic E-state index is 0.0788. The molecule has 0 spiro atoms. The van der Waals surface area contributed by atoms with E-state index in [1.54, 1.807) is 18.2 Å². The average molecular weight is 435 g/mol. The van der Waals surface area contributed by atoms with Crippen molar-refractivity contribution in [1.82, 2.24) is 9.55 Å². The minimum Gasteiger partial charge on any atom is -0.494 e. The molecule has 160 valence electrons. The average Bonchev–Trinajstić information content (AvgIpc) is 3.05. The Balaban J connectivity index is 1.84. The van der Waals surface area contributed by atoms with Crippen LogP contribution in [0.3, 0.4) is 0 Å². The summed E-state index contributed by atoms with van der Waals surface area (Å²) in [6, 6.07) is 4.62. The second-order valence-electron chi connectivity index (χ2n) is 6.59. The summed E-state index contributed by atoms with van der Waals surface area (Å²) in [6.45, 7) is 0.0788. The van der Waals surface area contributed by atoms with Crippen molar-refractivity contribution in [2.75, 3.05) is 20.0 Å². The number of hydrogen-bond donors (Lipinski definition) is 2. The molecule has 2 heterocycles. The third kappa shape index (κ3) is 4.62. The van der Waals surface area contributed by atoms with Crippen LogP contribution in [0.1, 0.15) is 11.1 Å². The van der Waals surface area contributed by atoms with Crippen LogP contribution in [0, 0.1) is 0 Å². The van der Waals surface area contributed by atoms with Gasteiger partial charge in [-0.15, -0.1) is 0 Å². The van der Waals surface area contributed by atoms with E-state index in [4.69, 9.17) is 9.47 Å². The molecule has 10 nitrogen and oxygen atoms in total. The first-order valence-electron chi connectivity index (χ1n) is 8.95. The summed E-state index contributed by atoms with van der Waals surface area (Å²) >= 11 is 0. The van der Waals surface area contributed by atoms with E-state index in [2.05, 4.69) is 9.98 Å². The van der Waals surface area contributed by atoms with Crippen LogP contribution in [0.2, 0.25) is 0 Å². The lowest BCUT2D eigenvalue weighted by molar-refractivity contribution is 0.354. The molecular formula is C19H21N3O7S. The number of aliphatic imine (C=N–C) groups is 1.